The second-order valence-corrected chi connectivity index (χ2v) is 7.29. The molecule has 0 aliphatic rings. The number of pyridine rings is 2. The third kappa shape index (κ3) is 4.99. The van der Waals surface area contributed by atoms with E-state index < -0.39 is 0 Å². The Morgan fingerprint density at radius 2 is 1.97 bits per heavy atom. The summed E-state index contributed by atoms with van der Waals surface area (Å²) in [5.41, 5.74) is 5.37. The molecule has 2 aromatic heterocycles. The number of amides is 1. The molecule has 0 aromatic carbocycles. The molecule has 2 rings (SSSR count). The minimum absolute atomic E-state index is 0.152. The predicted octanol–water partition coefficient (Wildman–Crippen LogP) is 4.82. The van der Waals surface area contributed by atoms with Gasteiger partial charge in [0.15, 0.2) is 0 Å². The third-order valence-electron chi connectivity index (χ3n) is 5.44. The summed E-state index contributed by atoms with van der Waals surface area (Å²) in [6.45, 7) is 9.85. The number of nitrogens with zero attached hydrogens (tertiary/aromatic N) is 3. The Morgan fingerprint density at radius 1 is 1.26 bits per heavy atom. The van der Waals surface area contributed by atoms with E-state index in [-0.39, 0.29) is 5.56 Å². The van der Waals surface area contributed by atoms with E-state index in [2.05, 4.69) is 22.4 Å². The molecule has 7 heteroatoms. The molecular weight excluding hydrogens is 392 g/mol. The maximum Gasteiger partial charge on any atom is 0.258 e. The Balaban J connectivity index is 2.68. The quantitative estimate of drug-likeness (QED) is 0.210. The molecule has 0 fully saturated rings. The molecule has 31 heavy (non-hydrogen) atoms. The average molecular weight is 423 g/mol. The van der Waals surface area contributed by atoms with Gasteiger partial charge < -0.3 is 15.1 Å². The van der Waals surface area contributed by atoms with Crippen molar-refractivity contribution < 1.29 is 10.0 Å². The summed E-state index contributed by atoms with van der Waals surface area (Å²) in [6.07, 6.45) is 7.49. The van der Waals surface area contributed by atoms with Crippen molar-refractivity contribution in [2.45, 2.75) is 47.5 Å². The number of aryl methyl sites for hydroxylation is 1. The van der Waals surface area contributed by atoms with Gasteiger partial charge in [-0.05, 0) is 62.5 Å². The number of anilines is 1. The summed E-state index contributed by atoms with van der Waals surface area (Å²) < 4.78 is 1.56. The Bertz CT molecular complexity index is 1170. The largest absolute Gasteiger partial charge is 0.411 e. The SMILES string of the molecule is C\C=C(/C(C)=C\C(C(\CC)=N/O)=C(/C)CC)c1cc2cnc(NC=O)cc2n(C)c1=O. The molecule has 0 unspecified atom stereocenters. The molecule has 0 saturated heterocycles. The third-order valence-corrected chi connectivity index (χ3v) is 5.44. The molecule has 1 amide bonds. The highest BCUT2D eigenvalue weighted by atomic mass is 16.4. The lowest BCUT2D eigenvalue weighted by atomic mass is 9.93. The van der Waals surface area contributed by atoms with E-state index in [1.165, 1.54) is 0 Å². The zero-order valence-electron chi connectivity index (χ0n) is 19.0. The Hall–Kier alpha value is -3.48. The summed E-state index contributed by atoms with van der Waals surface area (Å²) in [4.78, 5) is 28.1. The molecule has 0 spiro atoms. The Labute approximate surface area is 182 Å². The summed E-state index contributed by atoms with van der Waals surface area (Å²) >= 11 is 0. The van der Waals surface area contributed by atoms with E-state index in [0.717, 1.165) is 34.1 Å². The molecular formula is C24H30N4O3. The highest BCUT2D eigenvalue weighted by molar-refractivity contribution is 6.03. The minimum atomic E-state index is -0.152. The van der Waals surface area contributed by atoms with E-state index in [0.29, 0.717) is 35.4 Å². The van der Waals surface area contributed by atoms with Crippen LogP contribution in [0.15, 0.2) is 57.2 Å². The van der Waals surface area contributed by atoms with E-state index in [9.17, 15) is 14.8 Å². The fourth-order valence-corrected chi connectivity index (χ4v) is 3.54. The number of hydrogen-bond donors (Lipinski definition) is 2. The van der Waals surface area contributed by atoms with Crippen LogP contribution in [0.3, 0.4) is 0 Å². The van der Waals surface area contributed by atoms with Gasteiger partial charge in [0.25, 0.3) is 5.56 Å². The van der Waals surface area contributed by atoms with Crippen molar-refractivity contribution in [2.75, 3.05) is 5.32 Å². The molecule has 0 atom stereocenters. The van der Waals surface area contributed by atoms with E-state index >= 15 is 0 Å². The second kappa shape index (κ2) is 10.5. The van der Waals surface area contributed by atoms with Crippen LogP contribution in [0.1, 0.15) is 53.0 Å². The van der Waals surface area contributed by atoms with Crippen LogP contribution >= 0.6 is 0 Å². The Kier molecular flexibility index (Phi) is 8.07. The van der Waals surface area contributed by atoms with Gasteiger partial charge in [-0.3, -0.25) is 9.59 Å². The standard InChI is InChI=1S/C24H30N4O3/c1-7-15(4)19(21(9-3)27-31)10-16(5)18(8-2)20-11-17-13-25-23(26-14-29)12-22(17)28(6)24(20)30/h8,10-14,31H,7,9H2,1-6H3,(H,25,26,29)/b16-10-,18-8+,19-15-,27-21-. The van der Waals surface area contributed by atoms with Crippen LogP contribution < -0.4 is 10.9 Å². The van der Waals surface area contributed by atoms with E-state index in [1.807, 2.05) is 45.9 Å². The number of hydrogen-bond acceptors (Lipinski definition) is 5. The van der Waals surface area contributed by atoms with Crippen LogP contribution in [0.25, 0.3) is 16.5 Å². The van der Waals surface area contributed by atoms with Gasteiger partial charge in [0.05, 0.1) is 11.2 Å². The maximum absolute atomic E-state index is 13.2. The monoisotopic (exact) mass is 422 g/mol. The van der Waals surface area contributed by atoms with Crippen LogP contribution in [0.2, 0.25) is 0 Å². The number of carbonyl (C=O) groups is 1. The number of aromatic nitrogens is 2. The van der Waals surface area contributed by atoms with Crippen LogP contribution in [-0.4, -0.2) is 26.9 Å². The van der Waals surface area contributed by atoms with Crippen molar-refractivity contribution in [2.24, 2.45) is 12.2 Å². The second-order valence-electron chi connectivity index (χ2n) is 7.29. The molecule has 0 radical (unpaired) electrons. The van der Waals surface area contributed by atoms with E-state index in [1.54, 1.807) is 23.9 Å². The fraction of sp³-hybridized carbons (Fsp3) is 0.333. The minimum Gasteiger partial charge on any atom is -0.411 e. The summed E-state index contributed by atoms with van der Waals surface area (Å²) in [7, 11) is 1.70. The lowest BCUT2D eigenvalue weighted by molar-refractivity contribution is -0.105. The zero-order chi connectivity index (χ0) is 23.1. The van der Waals surface area contributed by atoms with Crippen molar-refractivity contribution in [3.63, 3.8) is 0 Å². The molecule has 2 N–H and O–H groups in total. The lowest BCUT2D eigenvalue weighted by Gasteiger charge is -2.14. The van der Waals surface area contributed by atoms with Crippen molar-refractivity contribution in [3.8, 4) is 0 Å². The summed E-state index contributed by atoms with van der Waals surface area (Å²) in [5, 5.41) is 16.2. The maximum atomic E-state index is 13.2. The van der Waals surface area contributed by atoms with Gasteiger partial charge in [0, 0.05) is 30.3 Å². The van der Waals surface area contributed by atoms with E-state index in [4.69, 9.17) is 0 Å². The van der Waals surface area contributed by atoms with Crippen LogP contribution in [0.5, 0.6) is 0 Å². The average Bonchev–Trinajstić information content (AvgIpc) is 2.77. The molecule has 7 nitrogen and oxygen atoms in total. The molecule has 2 aromatic rings. The predicted molar refractivity (Wildman–Crippen MR) is 127 cm³/mol. The highest BCUT2D eigenvalue weighted by Gasteiger charge is 2.15. The molecule has 0 bridgehead atoms. The van der Waals surface area contributed by atoms with Crippen molar-refractivity contribution in [3.05, 3.63) is 63.1 Å². The van der Waals surface area contributed by atoms with Gasteiger partial charge in [0.1, 0.15) is 5.82 Å². The number of oxime groups is 1. The Morgan fingerprint density at radius 3 is 2.52 bits per heavy atom. The topological polar surface area (TPSA) is 96.6 Å². The fourth-order valence-electron chi connectivity index (χ4n) is 3.54. The first-order valence-electron chi connectivity index (χ1n) is 10.3. The smallest absolute Gasteiger partial charge is 0.258 e. The normalized spacial score (nSPS) is 13.9. The van der Waals surface area contributed by atoms with Crippen molar-refractivity contribution >= 4 is 34.4 Å². The summed E-state index contributed by atoms with van der Waals surface area (Å²) in [5.74, 6) is 0.382. The van der Waals surface area contributed by atoms with Gasteiger partial charge in [-0.25, -0.2) is 4.98 Å². The van der Waals surface area contributed by atoms with Crippen molar-refractivity contribution in [1.82, 2.24) is 9.55 Å². The molecule has 0 saturated carbocycles. The number of rotatable bonds is 8. The van der Waals surface area contributed by atoms with Gasteiger partial charge in [-0.2, -0.15) is 0 Å². The van der Waals surface area contributed by atoms with Crippen LogP contribution in [0, 0.1) is 0 Å². The molecule has 0 aliphatic heterocycles. The first-order chi connectivity index (χ1) is 14.8. The van der Waals surface area contributed by atoms with Gasteiger partial charge >= 0.3 is 0 Å². The van der Waals surface area contributed by atoms with Crippen molar-refractivity contribution in [1.29, 1.82) is 0 Å². The molecule has 0 aliphatic carbocycles. The summed E-state index contributed by atoms with van der Waals surface area (Å²) in [6, 6.07) is 3.49. The number of fused-ring (bicyclic) bond motifs is 1. The number of nitrogens with one attached hydrogen (secondary N) is 1. The van der Waals surface area contributed by atoms with Gasteiger partial charge in [-0.15, -0.1) is 0 Å². The van der Waals surface area contributed by atoms with Gasteiger partial charge in [0.2, 0.25) is 6.41 Å². The first kappa shape index (κ1) is 23.8. The van der Waals surface area contributed by atoms with Crippen LogP contribution in [0.4, 0.5) is 5.82 Å². The number of carbonyl (C=O) groups excluding carboxylic acids is 1. The number of allylic oxidation sites excluding steroid dienone is 6. The van der Waals surface area contributed by atoms with Gasteiger partial charge in [-0.1, -0.05) is 30.7 Å². The van der Waals surface area contributed by atoms with Crippen LogP contribution in [-0.2, 0) is 11.8 Å². The zero-order valence-corrected chi connectivity index (χ0v) is 19.0. The molecule has 2 heterocycles. The lowest BCUT2D eigenvalue weighted by Crippen LogP contribution is -2.21. The molecule has 164 valence electrons. The first-order valence-corrected chi connectivity index (χ1v) is 10.3. The highest BCUT2D eigenvalue weighted by Crippen LogP contribution is 2.26.